The second kappa shape index (κ2) is 9.77. The molecule has 6 aromatic rings. The molecular weight excluding hydrogens is 526 g/mol. The van der Waals surface area contributed by atoms with Crippen LogP contribution in [-0.4, -0.2) is 37.8 Å². The zero-order valence-corrected chi connectivity index (χ0v) is 21.9. The lowest BCUT2D eigenvalue weighted by Crippen LogP contribution is -2.06. The van der Waals surface area contributed by atoms with Gasteiger partial charge >= 0.3 is 0 Å². The average molecular weight is 554 g/mol. The van der Waals surface area contributed by atoms with Crippen molar-refractivity contribution in [1.29, 1.82) is 0 Å². The number of anilines is 1. The molecule has 0 amide bonds. The van der Waals surface area contributed by atoms with Gasteiger partial charge in [0.05, 0.1) is 43.6 Å². The molecule has 0 atom stereocenters. The molecule has 2 aliphatic rings. The van der Waals surface area contributed by atoms with Crippen LogP contribution in [0.5, 0.6) is 0 Å². The fourth-order valence-corrected chi connectivity index (χ4v) is 7.52. The summed E-state index contributed by atoms with van der Waals surface area (Å²) in [7, 11) is 0. The summed E-state index contributed by atoms with van der Waals surface area (Å²) < 4.78 is 15.6. The maximum Gasteiger partial charge on any atom is 0.224 e. The maximum absolute atomic E-state index is 5.94. The van der Waals surface area contributed by atoms with Crippen LogP contribution >= 0.6 is 34.7 Å². The Morgan fingerprint density at radius 3 is 1.76 bits per heavy atom. The molecular formula is C25H28ClN9S2. The highest BCUT2D eigenvalue weighted by molar-refractivity contribution is 7.14. The van der Waals surface area contributed by atoms with Crippen LogP contribution in [0.4, 0.5) is 5.95 Å². The number of fused-ring (bicyclic) bond motifs is 6. The van der Waals surface area contributed by atoms with Crippen molar-refractivity contribution in [3.8, 4) is 0 Å². The Morgan fingerprint density at radius 1 is 0.730 bits per heavy atom. The van der Waals surface area contributed by atoms with E-state index in [0.29, 0.717) is 23.3 Å². The first-order chi connectivity index (χ1) is 17.7. The van der Waals surface area contributed by atoms with E-state index >= 15 is 0 Å². The van der Waals surface area contributed by atoms with Gasteiger partial charge in [0.2, 0.25) is 11.2 Å². The summed E-state index contributed by atoms with van der Waals surface area (Å²) in [4.78, 5) is 17.1. The first-order valence-electron chi connectivity index (χ1n) is 12.3. The van der Waals surface area contributed by atoms with Crippen molar-refractivity contribution < 1.29 is 0 Å². The lowest BCUT2D eigenvalue weighted by Gasteiger charge is -2.13. The fourth-order valence-electron chi connectivity index (χ4n) is 5.90. The van der Waals surface area contributed by atoms with Crippen molar-refractivity contribution in [2.45, 2.75) is 70.9 Å². The fraction of sp³-hybridized carbons (Fsp3) is 0.440. The molecule has 12 heteroatoms. The number of nitrogens with zero attached hydrogens (tertiary/aromatic N) is 8. The molecule has 2 saturated carbocycles. The topological polar surface area (TPSA) is 113 Å². The number of halogens is 1. The number of hydrogen-bond donors (Lipinski definition) is 1. The van der Waals surface area contributed by atoms with Crippen molar-refractivity contribution >= 4 is 83.1 Å². The quantitative estimate of drug-likeness (QED) is 0.226. The Balaban J connectivity index is 0.000000133. The van der Waals surface area contributed by atoms with Crippen molar-refractivity contribution in [1.82, 2.24) is 37.8 Å². The SMILES string of the molecule is C.Clc1ncc2c3sncc3n(C3CCCC3)c2n1.Nc1ncc2c3sncc3n(C3CCCC3)c2n1. The largest absolute Gasteiger partial charge is 0.368 e. The van der Waals surface area contributed by atoms with Gasteiger partial charge in [0, 0.05) is 24.5 Å². The Morgan fingerprint density at radius 2 is 1.22 bits per heavy atom. The molecule has 37 heavy (non-hydrogen) atoms. The highest BCUT2D eigenvalue weighted by Crippen LogP contribution is 2.40. The predicted molar refractivity (Wildman–Crippen MR) is 153 cm³/mol. The normalized spacial score (nSPS) is 16.7. The van der Waals surface area contributed by atoms with E-state index in [1.807, 2.05) is 24.8 Å². The van der Waals surface area contributed by atoms with Gasteiger partial charge in [-0.05, 0) is 60.3 Å². The Labute approximate surface area is 227 Å². The van der Waals surface area contributed by atoms with Gasteiger partial charge in [0.15, 0.2) is 0 Å². The molecule has 0 spiro atoms. The first-order valence-corrected chi connectivity index (χ1v) is 14.2. The van der Waals surface area contributed by atoms with E-state index in [1.165, 1.54) is 94.9 Å². The minimum absolute atomic E-state index is 0. The molecule has 192 valence electrons. The van der Waals surface area contributed by atoms with E-state index in [4.69, 9.17) is 17.3 Å². The Bertz CT molecular complexity index is 1580. The van der Waals surface area contributed by atoms with Gasteiger partial charge in [-0.1, -0.05) is 33.1 Å². The summed E-state index contributed by atoms with van der Waals surface area (Å²) in [6.07, 6.45) is 17.6. The molecule has 0 aliphatic heterocycles. The van der Waals surface area contributed by atoms with Crippen LogP contribution < -0.4 is 5.73 Å². The van der Waals surface area contributed by atoms with Crippen LogP contribution in [0.25, 0.3) is 42.5 Å². The molecule has 9 nitrogen and oxygen atoms in total. The summed E-state index contributed by atoms with van der Waals surface area (Å²) in [5.41, 5.74) is 10.0. The predicted octanol–water partition coefficient (Wildman–Crippen LogP) is 7.18. The van der Waals surface area contributed by atoms with E-state index in [9.17, 15) is 0 Å². The number of rotatable bonds is 2. The highest BCUT2D eigenvalue weighted by atomic mass is 35.5. The summed E-state index contributed by atoms with van der Waals surface area (Å²) in [5, 5.41) is 2.47. The van der Waals surface area contributed by atoms with E-state index in [1.54, 1.807) is 0 Å². The number of nitrogen functional groups attached to an aromatic ring is 1. The highest BCUT2D eigenvalue weighted by Gasteiger charge is 2.25. The number of aromatic nitrogens is 8. The Kier molecular flexibility index (Phi) is 6.46. The molecule has 0 unspecified atom stereocenters. The summed E-state index contributed by atoms with van der Waals surface area (Å²) >= 11 is 8.96. The van der Waals surface area contributed by atoms with Crippen molar-refractivity contribution in [3.05, 3.63) is 30.1 Å². The molecule has 6 heterocycles. The van der Waals surface area contributed by atoms with Crippen molar-refractivity contribution in [3.63, 3.8) is 0 Å². The zero-order valence-electron chi connectivity index (χ0n) is 19.5. The second-order valence-corrected chi connectivity index (χ2v) is 11.5. The number of nitrogens with two attached hydrogens (primary N) is 1. The van der Waals surface area contributed by atoms with Crippen molar-refractivity contribution in [2.75, 3.05) is 5.73 Å². The van der Waals surface area contributed by atoms with Gasteiger partial charge in [-0.25, -0.2) is 9.97 Å². The minimum Gasteiger partial charge on any atom is -0.368 e. The van der Waals surface area contributed by atoms with Gasteiger partial charge in [-0.3, -0.25) is 0 Å². The van der Waals surface area contributed by atoms with Gasteiger partial charge < -0.3 is 14.9 Å². The number of hydrogen-bond acceptors (Lipinski definition) is 9. The minimum atomic E-state index is 0. The molecule has 6 aromatic heterocycles. The molecule has 0 radical (unpaired) electrons. The second-order valence-electron chi connectivity index (χ2n) is 9.54. The third-order valence-electron chi connectivity index (χ3n) is 7.47. The van der Waals surface area contributed by atoms with Gasteiger partial charge in [0.25, 0.3) is 0 Å². The van der Waals surface area contributed by atoms with Crippen LogP contribution in [0, 0.1) is 0 Å². The van der Waals surface area contributed by atoms with Crippen LogP contribution in [0.2, 0.25) is 5.28 Å². The van der Waals surface area contributed by atoms with E-state index in [-0.39, 0.29) is 7.43 Å². The van der Waals surface area contributed by atoms with Gasteiger partial charge in [-0.2, -0.15) is 18.7 Å². The van der Waals surface area contributed by atoms with E-state index in [2.05, 4.69) is 37.8 Å². The zero-order chi connectivity index (χ0) is 24.2. The molecule has 8 rings (SSSR count). The Hall–Kier alpha value is -2.89. The maximum atomic E-state index is 5.94. The lowest BCUT2D eigenvalue weighted by atomic mass is 10.2. The molecule has 2 fully saturated rings. The van der Waals surface area contributed by atoms with E-state index in [0.717, 1.165) is 22.1 Å². The van der Waals surface area contributed by atoms with Crippen LogP contribution in [0.3, 0.4) is 0 Å². The van der Waals surface area contributed by atoms with E-state index < -0.39 is 0 Å². The van der Waals surface area contributed by atoms with Crippen LogP contribution in [0.1, 0.15) is 70.9 Å². The van der Waals surface area contributed by atoms with Crippen LogP contribution in [-0.2, 0) is 0 Å². The van der Waals surface area contributed by atoms with Crippen molar-refractivity contribution in [2.24, 2.45) is 0 Å². The molecule has 0 aromatic carbocycles. The standard InChI is InChI=1S/C12H11ClN4S.C12H13N5S.CH4/c2*13-12-14-5-8-10-9(6-15-18-10)17(11(8)16-12)7-3-1-2-4-7;/h5-7H,1-4H2;5-7H,1-4H2,(H2,13,14,16);1H4. The molecule has 2 N–H and O–H groups in total. The molecule has 0 saturated heterocycles. The van der Waals surface area contributed by atoms with Gasteiger partial charge in [0.1, 0.15) is 11.3 Å². The average Bonchev–Trinajstić information content (AvgIpc) is 3.70. The monoisotopic (exact) mass is 553 g/mol. The summed E-state index contributed by atoms with van der Waals surface area (Å²) in [5.74, 6) is 0.347. The summed E-state index contributed by atoms with van der Waals surface area (Å²) in [6.45, 7) is 0. The van der Waals surface area contributed by atoms with Crippen LogP contribution in [0.15, 0.2) is 24.8 Å². The molecule has 0 bridgehead atoms. The molecule has 2 aliphatic carbocycles. The third kappa shape index (κ3) is 4.04. The summed E-state index contributed by atoms with van der Waals surface area (Å²) in [6, 6.07) is 1.07. The first kappa shape index (κ1) is 24.4. The van der Waals surface area contributed by atoms with Gasteiger partial charge in [-0.15, -0.1) is 0 Å². The third-order valence-corrected chi connectivity index (χ3v) is 9.30. The smallest absolute Gasteiger partial charge is 0.224 e. The lowest BCUT2D eigenvalue weighted by molar-refractivity contribution is 0.547.